The molecule has 0 aliphatic rings. The van der Waals surface area contributed by atoms with E-state index in [0.29, 0.717) is 0 Å². The summed E-state index contributed by atoms with van der Waals surface area (Å²) in [5.41, 5.74) is 0. The third-order valence-electron chi connectivity index (χ3n) is 4.20. The predicted molar refractivity (Wildman–Crippen MR) is 66.5 cm³/mol. The molecule has 0 bridgehead atoms. The van der Waals surface area contributed by atoms with Gasteiger partial charge in [-0.1, -0.05) is 67.2 Å². The monoisotopic (exact) mass is 198 g/mol. The highest BCUT2D eigenvalue weighted by molar-refractivity contribution is 4.77. The Hall–Kier alpha value is 0. The molecular weight excluding hydrogens is 168 g/mol. The van der Waals surface area contributed by atoms with Crippen LogP contribution in [0.5, 0.6) is 0 Å². The van der Waals surface area contributed by atoms with Crippen LogP contribution in [0.15, 0.2) is 0 Å². The van der Waals surface area contributed by atoms with Crippen LogP contribution in [-0.4, -0.2) is 0 Å². The highest BCUT2D eigenvalue weighted by Gasteiger charge is 2.27. The molecular formula is C14H30. The molecule has 0 saturated heterocycles. The second kappa shape index (κ2) is 7.31. The van der Waals surface area contributed by atoms with Gasteiger partial charge in [-0.25, -0.2) is 0 Å². The maximum absolute atomic E-state index is 2.44. The van der Waals surface area contributed by atoms with E-state index >= 15 is 0 Å². The minimum atomic E-state index is 0.898. The van der Waals surface area contributed by atoms with Crippen molar-refractivity contribution < 1.29 is 0 Å². The normalized spacial score (nSPS) is 18.2. The lowest BCUT2D eigenvalue weighted by Crippen LogP contribution is -2.27. The average molecular weight is 198 g/mol. The molecule has 0 aromatic heterocycles. The quantitative estimate of drug-likeness (QED) is 0.532. The van der Waals surface area contributed by atoms with Crippen LogP contribution in [0.3, 0.4) is 0 Å². The second-order valence-corrected chi connectivity index (χ2v) is 4.92. The van der Waals surface area contributed by atoms with Gasteiger partial charge in [0.1, 0.15) is 0 Å². The lowest BCUT2D eigenvalue weighted by molar-refractivity contribution is 0.148. The molecule has 86 valence electrons. The molecule has 0 aromatic carbocycles. The first kappa shape index (κ1) is 14.0. The van der Waals surface area contributed by atoms with Crippen molar-refractivity contribution in [3.8, 4) is 0 Å². The van der Waals surface area contributed by atoms with E-state index in [4.69, 9.17) is 0 Å². The molecule has 0 nitrogen and oxygen atoms in total. The molecule has 3 atom stereocenters. The van der Waals surface area contributed by atoms with E-state index in [1.54, 1.807) is 0 Å². The van der Waals surface area contributed by atoms with Crippen molar-refractivity contribution in [1.29, 1.82) is 0 Å². The van der Waals surface area contributed by atoms with Gasteiger partial charge in [-0.3, -0.25) is 0 Å². The topological polar surface area (TPSA) is 0 Å². The zero-order valence-electron chi connectivity index (χ0n) is 11.1. The van der Waals surface area contributed by atoms with Gasteiger partial charge in [-0.15, -0.1) is 0 Å². The third-order valence-corrected chi connectivity index (χ3v) is 4.20. The summed E-state index contributed by atoms with van der Waals surface area (Å²) in [6, 6.07) is 0. The molecule has 1 unspecified atom stereocenters. The van der Waals surface area contributed by atoms with Crippen LogP contribution in [0.4, 0.5) is 0 Å². The predicted octanol–water partition coefficient (Wildman–Crippen LogP) is 5.13. The number of rotatable bonds is 7. The van der Waals surface area contributed by atoms with E-state index in [1.807, 2.05) is 0 Å². The largest absolute Gasteiger partial charge is 0.0651 e. The summed E-state index contributed by atoms with van der Waals surface area (Å²) in [5, 5.41) is 0. The molecule has 14 heavy (non-hydrogen) atoms. The van der Waals surface area contributed by atoms with Crippen molar-refractivity contribution >= 4 is 0 Å². The van der Waals surface area contributed by atoms with E-state index in [-0.39, 0.29) is 0 Å². The summed E-state index contributed by atoms with van der Waals surface area (Å²) < 4.78 is 0. The van der Waals surface area contributed by atoms with E-state index in [0.717, 1.165) is 23.7 Å². The minimum Gasteiger partial charge on any atom is -0.0651 e. The fraction of sp³-hybridized carbons (Fsp3) is 1.00. The molecule has 0 spiro atoms. The Morgan fingerprint density at radius 1 is 0.643 bits per heavy atom. The van der Waals surface area contributed by atoms with Crippen LogP contribution in [0.2, 0.25) is 0 Å². The molecule has 0 fully saturated rings. The fourth-order valence-corrected chi connectivity index (χ4v) is 2.87. The first-order chi connectivity index (χ1) is 6.62. The summed E-state index contributed by atoms with van der Waals surface area (Å²) in [7, 11) is 0. The summed E-state index contributed by atoms with van der Waals surface area (Å²) in [4.78, 5) is 0. The van der Waals surface area contributed by atoms with Gasteiger partial charge >= 0.3 is 0 Å². The molecule has 0 aromatic rings. The molecule has 0 N–H and O–H groups in total. The summed E-state index contributed by atoms with van der Waals surface area (Å²) in [5.74, 6) is 3.68. The van der Waals surface area contributed by atoms with Gasteiger partial charge in [0, 0.05) is 0 Å². The first-order valence-electron chi connectivity index (χ1n) is 6.62. The van der Waals surface area contributed by atoms with Crippen LogP contribution in [0.1, 0.15) is 67.2 Å². The van der Waals surface area contributed by atoms with Crippen LogP contribution in [-0.2, 0) is 0 Å². The van der Waals surface area contributed by atoms with Crippen molar-refractivity contribution in [2.45, 2.75) is 67.2 Å². The standard InChI is InChI=1S/C14H30/c1-7-11(5)14(12(6)8-2)13(9-3)10-4/h11-14H,7-10H2,1-6H3/t11-,12+,14?. The Bertz CT molecular complexity index is 114. The molecule has 0 aliphatic carbocycles. The Balaban J connectivity index is 4.51. The molecule has 0 heterocycles. The SMILES string of the molecule is CCC(CC)C([C@H](C)CC)[C@@H](C)CC. The highest BCUT2D eigenvalue weighted by Crippen LogP contribution is 2.35. The Morgan fingerprint density at radius 2 is 1.00 bits per heavy atom. The van der Waals surface area contributed by atoms with Crippen LogP contribution in [0.25, 0.3) is 0 Å². The second-order valence-electron chi connectivity index (χ2n) is 4.92. The molecule has 0 saturated carbocycles. The van der Waals surface area contributed by atoms with Crippen molar-refractivity contribution in [2.75, 3.05) is 0 Å². The van der Waals surface area contributed by atoms with Crippen molar-refractivity contribution in [1.82, 2.24) is 0 Å². The molecule has 0 radical (unpaired) electrons. The molecule has 0 aliphatic heterocycles. The molecule has 0 amide bonds. The van der Waals surface area contributed by atoms with Crippen molar-refractivity contribution in [2.24, 2.45) is 23.7 Å². The van der Waals surface area contributed by atoms with Gasteiger partial charge in [0.05, 0.1) is 0 Å². The van der Waals surface area contributed by atoms with Crippen molar-refractivity contribution in [3.63, 3.8) is 0 Å². The maximum Gasteiger partial charge on any atom is -0.0335 e. The van der Waals surface area contributed by atoms with Crippen LogP contribution in [0, 0.1) is 23.7 Å². The lowest BCUT2D eigenvalue weighted by atomic mass is 9.71. The van der Waals surface area contributed by atoms with Gasteiger partial charge < -0.3 is 0 Å². The average Bonchev–Trinajstić information content (AvgIpc) is 2.23. The Kier molecular flexibility index (Phi) is 7.31. The highest BCUT2D eigenvalue weighted by atomic mass is 14.3. The van der Waals surface area contributed by atoms with E-state index in [1.165, 1.54) is 25.7 Å². The maximum atomic E-state index is 2.44. The van der Waals surface area contributed by atoms with Gasteiger partial charge in [0.25, 0.3) is 0 Å². The fourth-order valence-electron chi connectivity index (χ4n) is 2.87. The zero-order chi connectivity index (χ0) is 11.1. The van der Waals surface area contributed by atoms with Crippen LogP contribution >= 0.6 is 0 Å². The molecule has 0 rings (SSSR count). The minimum absolute atomic E-state index is 0.898. The first-order valence-corrected chi connectivity index (χ1v) is 6.62. The third kappa shape index (κ3) is 3.63. The van der Waals surface area contributed by atoms with Gasteiger partial charge in [-0.05, 0) is 23.7 Å². The number of hydrogen-bond donors (Lipinski definition) is 0. The lowest BCUT2D eigenvalue weighted by Gasteiger charge is -2.35. The summed E-state index contributed by atoms with van der Waals surface area (Å²) in [6.07, 6.45) is 5.39. The van der Waals surface area contributed by atoms with Crippen LogP contribution < -0.4 is 0 Å². The van der Waals surface area contributed by atoms with Gasteiger partial charge in [-0.2, -0.15) is 0 Å². The Morgan fingerprint density at radius 3 is 1.21 bits per heavy atom. The van der Waals surface area contributed by atoms with Gasteiger partial charge in [0.15, 0.2) is 0 Å². The van der Waals surface area contributed by atoms with E-state index in [2.05, 4.69) is 41.5 Å². The Labute approximate surface area is 91.5 Å². The number of hydrogen-bond acceptors (Lipinski definition) is 0. The smallest absolute Gasteiger partial charge is 0.0335 e. The van der Waals surface area contributed by atoms with E-state index < -0.39 is 0 Å². The van der Waals surface area contributed by atoms with Gasteiger partial charge in [0.2, 0.25) is 0 Å². The zero-order valence-corrected chi connectivity index (χ0v) is 11.1. The van der Waals surface area contributed by atoms with Crippen molar-refractivity contribution in [3.05, 3.63) is 0 Å². The summed E-state index contributed by atoms with van der Waals surface area (Å²) >= 11 is 0. The van der Waals surface area contributed by atoms with E-state index in [9.17, 15) is 0 Å². The molecule has 0 heteroatoms. The summed E-state index contributed by atoms with van der Waals surface area (Å²) in [6.45, 7) is 14.3.